The van der Waals surface area contributed by atoms with Crippen LogP contribution in [0.3, 0.4) is 0 Å². The van der Waals surface area contributed by atoms with E-state index < -0.39 is 0 Å². The molecule has 0 aromatic carbocycles. The average Bonchev–Trinajstić information content (AvgIpc) is 2.97. The summed E-state index contributed by atoms with van der Waals surface area (Å²) < 4.78 is 5.79. The van der Waals surface area contributed by atoms with Crippen molar-refractivity contribution in [3.8, 4) is 5.75 Å². The Morgan fingerprint density at radius 1 is 1.45 bits per heavy atom. The van der Waals surface area contributed by atoms with Crippen molar-refractivity contribution in [3.05, 3.63) is 4.88 Å². The lowest BCUT2D eigenvalue weighted by molar-refractivity contribution is 0.102. The van der Waals surface area contributed by atoms with Gasteiger partial charge < -0.3 is 15.8 Å². The Morgan fingerprint density at radius 2 is 2.10 bits per heavy atom. The summed E-state index contributed by atoms with van der Waals surface area (Å²) in [6.07, 6.45) is 5.26. The van der Waals surface area contributed by atoms with Gasteiger partial charge in [0.05, 0.1) is 16.7 Å². The van der Waals surface area contributed by atoms with Crippen molar-refractivity contribution in [1.29, 1.82) is 0 Å². The highest BCUT2D eigenvalue weighted by molar-refractivity contribution is 7.19. The molecule has 0 amide bonds. The fourth-order valence-corrected chi connectivity index (χ4v) is 3.57. The number of rotatable bonds is 6. The first-order valence-electron chi connectivity index (χ1n) is 7.32. The van der Waals surface area contributed by atoms with Gasteiger partial charge in [0, 0.05) is 13.5 Å². The Balaban J connectivity index is 2.15. The minimum absolute atomic E-state index is 0.00461. The van der Waals surface area contributed by atoms with E-state index in [1.165, 1.54) is 37.0 Å². The Labute approximate surface area is 124 Å². The van der Waals surface area contributed by atoms with Crippen molar-refractivity contribution in [2.45, 2.75) is 52.6 Å². The van der Waals surface area contributed by atoms with Crippen LogP contribution in [0.1, 0.15) is 56.1 Å². The average molecular weight is 296 g/mol. The van der Waals surface area contributed by atoms with Gasteiger partial charge in [-0.2, -0.15) is 0 Å². The van der Waals surface area contributed by atoms with E-state index in [4.69, 9.17) is 10.5 Å². The molecule has 0 atom stereocenters. The summed E-state index contributed by atoms with van der Waals surface area (Å²) in [7, 11) is 0. The lowest BCUT2D eigenvalue weighted by atomic mass is 10.1. The lowest BCUT2D eigenvalue weighted by Gasteiger charge is -2.14. The highest BCUT2D eigenvalue weighted by atomic mass is 32.1. The van der Waals surface area contributed by atoms with Gasteiger partial charge >= 0.3 is 0 Å². The van der Waals surface area contributed by atoms with Crippen molar-refractivity contribution in [2.24, 2.45) is 5.92 Å². The maximum Gasteiger partial charge on any atom is 0.177 e. The van der Waals surface area contributed by atoms with Gasteiger partial charge in [-0.3, -0.25) is 4.79 Å². The molecule has 0 radical (unpaired) electrons. The number of hydrogen-bond acceptors (Lipinski definition) is 5. The number of ether oxygens (including phenoxy) is 1. The monoisotopic (exact) mass is 296 g/mol. The molecule has 1 saturated carbocycles. The number of carbonyl (C=O) groups is 1. The zero-order chi connectivity index (χ0) is 14.7. The van der Waals surface area contributed by atoms with Crippen LogP contribution < -0.4 is 15.8 Å². The third kappa shape index (κ3) is 3.45. The number of nitrogens with two attached hydrogens (primary N) is 1. The third-order valence-corrected chi connectivity index (χ3v) is 4.84. The largest absolute Gasteiger partial charge is 0.486 e. The predicted molar refractivity (Wildman–Crippen MR) is 84.9 cm³/mol. The van der Waals surface area contributed by atoms with E-state index in [1.807, 2.05) is 13.8 Å². The standard InChI is InChI=1S/C15H24N2O2S/c1-9(2)19-13-12(16)14(10(3)18)20-15(13)17-8-11-6-4-5-7-11/h9,11,17H,4-8,16H2,1-3H3. The molecule has 112 valence electrons. The minimum atomic E-state index is -0.00461. The van der Waals surface area contributed by atoms with Crippen molar-refractivity contribution in [1.82, 2.24) is 0 Å². The first-order chi connectivity index (χ1) is 9.49. The second-order valence-electron chi connectivity index (χ2n) is 5.76. The summed E-state index contributed by atoms with van der Waals surface area (Å²) in [5.74, 6) is 1.37. The molecule has 0 saturated heterocycles. The second kappa shape index (κ2) is 6.48. The van der Waals surface area contributed by atoms with E-state index in [9.17, 15) is 4.79 Å². The summed E-state index contributed by atoms with van der Waals surface area (Å²) in [4.78, 5) is 12.2. The second-order valence-corrected chi connectivity index (χ2v) is 6.78. The van der Waals surface area contributed by atoms with Crippen LogP contribution in [0, 0.1) is 5.92 Å². The topological polar surface area (TPSA) is 64.3 Å². The van der Waals surface area contributed by atoms with Crippen LogP contribution in [0.2, 0.25) is 0 Å². The van der Waals surface area contributed by atoms with E-state index in [-0.39, 0.29) is 11.9 Å². The highest BCUT2D eigenvalue weighted by Crippen LogP contribution is 2.43. The molecular formula is C15H24N2O2S. The number of nitrogens with one attached hydrogen (secondary N) is 1. The zero-order valence-corrected chi connectivity index (χ0v) is 13.3. The van der Waals surface area contributed by atoms with Crippen LogP contribution in [0.25, 0.3) is 0 Å². The maximum absolute atomic E-state index is 11.6. The van der Waals surface area contributed by atoms with Gasteiger partial charge in [-0.15, -0.1) is 11.3 Å². The summed E-state index contributed by atoms with van der Waals surface area (Å²) in [6, 6.07) is 0. The molecule has 5 heteroatoms. The van der Waals surface area contributed by atoms with Gasteiger partial charge in [-0.25, -0.2) is 0 Å². The van der Waals surface area contributed by atoms with Crippen LogP contribution in [-0.4, -0.2) is 18.4 Å². The Kier molecular flexibility index (Phi) is 4.91. The molecule has 1 aliphatic carbocycles. The van der Waals surface area contributed by atoms with Gasteiger partial charge in [-0.1, -0.05) is 12.8 Å². The zero-order valence-electron chi connectivity index (χ0n) is 12.5. The number of nitrogen functional groups attached to an aromatic ring is 1. The van der Waals surface area contributed by atoms with Crippen molar-refractivity contribution < 1.29 is 9.53 Å². The van der Waals surface area contributed by atoms with Crippen molar-refractivity contribution >= 4 is 27.8 Å². The summed E-state index contributed by atoms with van der Waals surface area (Å²) in [6.45, 7) is 6.41. The molecule has 1 heterocycles. The van der Waals surface area contributed by atoms with E-state index in [0.717, 1.165) is 17.5 Å². The molecule has 0 bridgehead atoms. The Morgan fingerprint density at radius 3 is 2.65 bits per heavy atom. The van der Waals surface area contributed by atoms with Gasteiger partial charge in [-0.05, 0) is 32.6 Å². The van der Waals surface area contributed by atoms with E-state index in [1.54, 1.807) is 6.92 Å². The lowest BCUT2D eigenvalue weighted by Crippen LogP contribution is -2.12. The number of carbonyl (C=O) groups excluding carboxylic acids is 1. The normalized spacial score (nSPS) is 15.8. The molecule has 2 rings (SSSR count). The molecule has 0 spiro atoms. The molecule has 3 N–H and O–H groups in total. The Hall–Kier alpha value is -1.23. The molecule has 4 nitrogen and oxygen atoms in total. The fraction of sp³-hybridized carbons (Fsp3) is 0.667. The molecule has 0 unspecified atom stereocenters. The molecule has 1 aromatic heterocycles. The van der Waals surface area contributed by atoms with E-state index >= 15 is 0 Å². The maximum atomic E-state index is 11.6. The molecule has 1 fully saturated rings. The summed E-state index contributed by atoms with van der Waals surface area (Å²) in [5, 5.41) is 4.33. The molecule has 1 aromatic rings. The van der Waals surface area contributed by atoms with Crippen LogP contribution in [0.4, 0.5) is 10.7 Å². The van der Waals surface area contributed by atoms with Crippen LogP contribution >= 0.6 is 11.3 Å². The first-order valence-corrected chi connectivity index (χ1v) is 8.14. The Bertz CT molecular complexity index is 476. The summed E-state index contributed by atoms with van der Waals surface area (Å²) in [5.41, 5.74) is 6.54. The van der Waals surface area contributed by atoms with E-state index in [0.29, 0.717) is 16.3 Å². The first kappa shape index (κ1) is 15.2. The molecule has 1 aliphatic rings. The van der Waals surface area contributed by atoms with Gasteiger partial charge in [0.1, 0.15) is 5.00 Å². The number of thiophene rings is 1. The minimum Gasteiger partial charge on any atom is -0.486 e. The fourth-order valence-electron chi connectivity index (χ4n) is 2.61. The van der Waals surface area contributed by atoms with Crippen molar-refractivity contribution in [3.63, 3.8) is 0 Å². The highest BCUT2D eigenvalue weighted by Gasteiger charge is 2.22. The SMILES string of the molecule is CC(=O)c1sc(NCC2CCCC2)c(OC(C)C)c1N. The molecular weight excluding hydrogens is 272 g/mol. The molecule has 0 aliphatic heterocycles. The third-order valence-electron chi connectivity index (χ3n) is 3.60. The number of anilines is 2. The number of Topliss-reactive ketones (excluding diaryl/α,β-unsaturated/α-hetero) is 1. The van der Waals surface area contributed by atoms with Gasteiger partial charge in [0.25, 0.3) is 0 Å². The van der Waals surface area contributed by atoms with Crippen LogP contribution in [0.5, 0.6) is 5.75 Å². The van der Waals surface area contributed by atoms with Gasteiger partial charge in [0.15, 0.2) is 11.5 Å². The number of hydrogen-bond donors (Lipinski definition) is 2. The molecule has 20 heavy (non-hydrogen) atoms. The quantitative estimate of drug-likeness (QED) is 0.781. The van der Waals surface area contributed by atoms with Crippen LogP contribution in [0.15, 0.2) is 0 Å². The van der Waals surface area contributed by atoms with E-state index in [2.05, 4.69) is 5.32 Å². The van der Waals surface area contributed by atoms with Crippen molar-refractivity contribution in [2.75, 3.05) is 17.6 Å². The summed E-state index contributed by atoms with van der Waals surface area (Å²) >= 11 is 1.41. The van der Waals surface area contributed by atoms with Crippen LogP contribution in [-0.2, 0) is 0 Å². The van der Waals surface area contributed by atoms with Gasteiger partial charge in [0.2, 0.25) is 0 Å². The predicted octanol–water partition coefficient (Wildman–Crippen LogP) is 3.92. The number of ketones is 1. The smallest absolute Gasteiger partial charge is 0.177 e.